The third kappa shape index (κ3) is 4.07. The van der Waals surface area contributed by atoms with Crippen LogP contribution in [0.25, 0.3) is 0 Å². The van der Waals surface area contributed by atoms with E-state index in [1.807, 2.05) is 11.6 Å². The van der Waals surface area contributed by atoms with Crippen LogP contribution in [0.1, 0.15) is 39.0 Å². The van der Waals surface area contributed by atoms with Crippen LogP contribution in [0, 0.1) is 0 Å². The van der Waals surface area contributed by atoms with Crippen molar-refractivity contribution in [3.8, 4) is 0 Å². The first-order chi connectivity index (χ1) is 8.75. The summed E-state index contributed by atoms with van der Waals surface area (Å²) in [6.45, 7) is 4.42. The van der Waals surface area contributed by atoms with Crippen LogP contribution >= 0.6 is 0 Å². The van der Waals surface area contributed by atoms with E-state index in [2.05, 4.69) is 15.0 Å². The quantitative estimate of drug-likeness (QED) is 0.829. The zero-order valence-electron chi connectivity index (χ0n) is 11.2. The molecule has 0 radical (unpaired) electrons. The van der Waals surface area contributed by atoms with Crippen molar-refractivity contribution in [1.29, 1.82) is 0 Å². The van der Waals surface area contributed by atoms with E-state index >= 15 is 0 Å². The van der Waals surface area contributed by atoms with E-state index in [1.165, 1.54) is 32.1 Å². The molecule has 102 valence electrons. The Balaban J connectivity index is 1.87. The number of nitrogens with zero attached hydrogens (tertiary/aromatic N) is 4. The fourth-order valence-electron chi connectivity index (χ4n) is 2.79. The van der Waals surface area contributed by atoms with Gasteiger partial charge in [0.25, 0.3) is 0 Å². The van der Waals surface area contributed by atoms with Gasteiger partial charge in [-0.1, -0.05) is 19.3 Å². The molecular weight excluding hydrogens is 228 g/mol. The van der Waals surface area contributed by atoms with Crippen LogP contribution in [0.3, 0.4) is 0 Å². The first-order valence-electron chi connectivity index (χ1n) is 7.00. The van der Waals surface area contributed by atoms with E-state index in [-0.39, 0.29) is 6.10 Å². The van der Waals surface area contributed by atoms with E-state index in [1.54, 1.807) is 12.7 Å². The molecule has 0 aromatic carbocycles. The minimum atomic E-state index is -0.261. The average Bonchev–Trinajstić information content (AvgIpc) is 2.88. The molecule has 5 nitrogen and oxygen atoms in total. The molecule has 1 unspecified atom stereocenters. The Morgan fingerprint density at radius 3 is 2.78 bits per heavy atom. The lowest BCUT2D eigenvalue weighted by molar-refractivity contribution is 0.0789. The molecule has 1 N–H and O–H groups in total. The van der Waals surface area contributed by atoms with E-state index in [0.717, 1.165) is 19.6 Å². The van der Waals surface area contributed by atoms with Crippen molar-refractivity contribution < 1.29 is 5.11 Å². The highest BCUT2D eigenvalue weighted by Crippen LogP contribution is 2.22. The lowest BCUT2D eigenvalue weighted by atomic mass is 9.94. The van der Waals surface area contributed by atoms with Crippen molar-refractivity contribution in [1.82, 2.24) is 19.7 Å². The van der Waals surface area contributed by atoms with Gasteiger partial charge in [0.2, 0.25) is 0 Å². The minimum Gasteiger partial charge on any atom is -0.392 e. The molecule has 0 spiro atoms. The molecule has 1 fully saturated rings. The van der Waals surface area contributed by atoms with Crippen molar-refractivity contribution in [2.24, 2.45) is 0 Å². The summed E-state index contributed by atoms with van der Waals surface area (Å²) in [6, 6.07) is 0.636. The molecular formula is C13H24N4O. The lowest BCUT2D eigenvalue weighted by Gasteiger charge is -2.35. The predicted octanol–water partition coefficient (Wildman–Crippen LogP) is 1.29. The Morgan fingerprint density at radius 1 is 1.39 bits per heavy atom. The summed E-state index contributed by atoms with van der Waals surface area (Å²) in [7, 11) is 0. The van der Waals surface area contributed by atoms with Gasteiger partial charge in [-0.05, 0) is 19.8 Å². The number of aliphatic hydroxyl groups is 1. The maximum atomic E-state index is 9.63. The maximum absolute atomic E-state index is 9.63. The van der Waals surface area contributed by atoms with Crippen molar-refractivity contribution in [2.45, 2.75) is 57.7 Å². The number of aliphatic hydroxyl groups excluding tert-OH is 1. The van der Waals surface area contributed by atoms with Gasteiger partial charge in [0, 0.05) is 19.1 Å². The summed E-state index contributed by atoms with van der Waals surface area (Å²) in [5, 5.41) is 13.8. The topological polar surface area (TPSA) is 54.2 Å². The smallest absolute Gasteiger partial charge is 0.137 e. The number of aromatic nitrogens is 3. The molecule has 1 aliphatic carbocycles. The van der Waals surface area contributed by atoms with Crippen LogP contribution in [0.4, 0.5) is 0 Å². The summed E-state index contributed by atoms with van der Waals surface area (Å²) in [5.41, 5.74) is 0. The Kier molecular flexibility index (Phi) is 5.13. The molecule has 1 aromatic rings. The second-order valence-electron chi connectivity index (χ2n) is 5.29. The van der Waals surface area contributed by atoms with Crippen LogP contribution in [-0.2, 0) is 6.54 Å². The first-order valence-corrected chi connectivity index (χ1v) is 7.00. The molecule has 0 saturated heterocycles. The van der Waals surface area contributed by atoms with Crippen LogP contribution in [-0.4, -0.2) is 50.0 Å². The maximum Gasteiger partial charge on any atom is 0.137 e. The second kappa shape index (κ2) is 6.85. The van der Waals surface area contributed by atoms with Gasteiger partial charge in [0.05, 0.1) is 12.6 Å². The van der Waals surface area contributed by atoms with Crippen molar-refractivity contribution >= 4 is 0 Å². The zero-order valence-corrected chi connectivity index (χ0v) is 11.2. The third-order valence-corrected chi connectivity index (χ3v) is 3.67. The van der Waals surface area contributed by atoms with Crippen molar-refractivity contribution in [3.05, 3.63) is 12.7 Å². The first kappa shape index (κ1) is 13.5. The largest absolute Gasteiger partial charge is 0.392 e. The Morgan fingerprint density at radius 2 is 2.17 bits per heavy atom. The predicted molar refractivity (Wildman–Crippen MR) is 70.1 cm³/mol. The van der Waals surface area contributed by atoms with Crippen LogP contribution in [0.5, 0.6) is 0 Å². The summed E-state index contributed by atoms with van der Waals surface area (Å²) in [6.07, 6.45) is 9.61. The highest BCUT2D eigenvalue weighted by molar-refractivity contribution is 4.77. The van der Waals surface area contributed by atoms with Gasteiger partial charge in [-0.2, -0.15) is 5.10 Å². The summed E-state index contributed by atoms with van der Waals surface area (Å²) < 4.78 is 1.86. The van der Waals surface area contributed by atoms with Crippen molar-refractivity contribution in [2.75, 3.05) is 13.1 Å². The third-order valence-electron chi connectivity index (χ3n) is 3.67. The molecule has 1 atom stereocenters. The molecule has 0 aliphatic heterocycles. The molecule has 1 heterocycles. The molecule has 0 bridgehead atoms. The zero-order chi connectivity index (χ0) is 12.8. The molecule has 0 amide bonds. The van der Waals surface area contributed by atoms with Crippen molar-refractivity contribution in [3.63, 3.8) is 0 Å². The second-order valence-corrected chi connectivity index (χ2v) is 5.29. The summed E-state index contributed by atoms with van der Waals surface area (Å²) >= 11 is 0. The lowest BCUT2D eigenvalue weighted by Crippen LogP contribution is -2.42. The van der Waals surface area contributed by atoms with Crippen LogP contribution in [0.15, 0.2) is 12.7 Å². The molecule has 5 heteroatoms. The number of hydrogen-bond donors (Lipinski definition) is 1. The molecule has 1 saturated carbocycles. The number of rotatable bonds is 6. The average molecular weight is 252 g/mol. The monoisotopic (exact) mass is 252 g/mol. The minimum absolute atomic E-state index is 0.261. The molecule has 1 aromatic heterocycles. The van der Waals surface area contributed by atoms with Crippen LogP contribution in [0.2, 0.25) is 0 Å². The van der Waals surface area contributed by atoms with Crippen LogP contribution < -0.4 is 0 Å². The normalized spacial score (nSPS) is 19.3. The van der Waals surface area contributed by atoms with Gasteiger partial charge in [-0.3, -0.25) is 9.58 Å². The van der Waals surface area contributed by atoms with E-state index in [0.29, 0.717) is 6.04 Å². The summed E-state index contributed by atoms with van der Waals surface area (Å²) in [5.74, 6) is 0. The Bertz CT molecular complexity index is 320. The fourth-order valence-corrected chi connectivity index (χ4v) is 2.79. The SMILES string of the molecule is CC(O)CN(CCn1cncn1)C1CCCCC1. The molecule has 2 rings (SSSR count). The van der Waals surface area contributed by atoms with Gasteiger partial charge in [-0.25, -0.2) is 4.98 Å². The Hall–Kier alpha value is -0.940. The molecule has 1 aliphatic rings. The van der Waals surface area contributed by atoms with E-state index in [9.17, 15) is 5.11 Å². The van der Waals surface area contributed by atoms with Gasteiger partial charge < -0.3 is 5.11 Å². The fraction of sp³-hybridized carbons (Fsp3) is 0.846. The van der Waals surface area contributed by atoms with Gasteiger partial charge in [0.1, 0.15) is 12.7 Å². The molecule has 18 heavy (non-hydrogen) atoms. The standard InChI is InChI=1S/C13H24N4O/c1-12(18)9-16(13-5-3-2-4-6-13)7-8-17-11-14-10-15-17/h10-13,18H,2-9H2,1H3. The highest BCUT2D eigenvalue weighted by Gasteiger charge is 2.21. The van der Waals surface area contributed by atoms with Gasteiger partial charge in [-0.15, -0.1) is 0 Å². The number of hydrogen-bond acceptors (Lipinski definition) is 4. The van der Waals surface area contributed by atoms with E-state index in [4.69, 9.17) is 0 Å². The van der Waals surface area contributed by atoms with E-state index < -0.39 is 0 Å². The highest BCUT2D eigenvalue weighted by atomic mass is 16.3. The summed E-state index contributed by atoms with van der Waals surface area (Å²) in [4.78, 5) is 6.38. The van der Waals surface area contributed by atoms with Gasteiger partial charge >= 0.3 is 0 Å². The Labute approximate surface area is 109 Å². The van der Waals surface area contributed by atoms with Gasteiger partial charge in [0.15, 0.2) is 0 Å².